The van der Waals surface area contributed by atoms with Gasteiger partial charge in [-0.1, -0.05) is 52.1 Å². The standard InChI is InChI=1S/C7H13ClO.2C2H6/c8-7(9)5-3-1-2-4-6-7;2*1-2/h9H,1-6H2;2*1-2H3. The van der Waals surface area contributed by atoms with Gasteiger partial charge in [-0.2, -0.15) is 0 Å². The van der Waals surface area contributed by atoms with E-state index in [1.165, 1.54) is 12.8 Å². The van der Waals surface area contributed by atoms with E-state index in [1.54, 1.807) is 0 Å². The maximum absolute atomic E-state index is 9.32. The lowest BCUT2D eigenvalue weighted by Gasteiger charge is -2.16. The molecule has 0 unspecified atom stereocenters. The Labute approximate surface area is 88.5 Å². The molecule has 0 radical (unpaired) electrons. The minimum absolute atomic E-state index is 0.772. The average Bonchev–Trinajstić information content (AvgIpc) is 2.36. The minimum Gasteiger partial charge on any atom is -0.375 e. The van der Waals surface area contributed by atoms with Gasteiger partial charge >= 0.3 is 0 Å². The zero-order valence-corrected chi connectivity index (χ0v) is 10.3. The minimum atomic E-state index is -0.865. The van der Waals surface area contributed by atoms with Gasteiger partial charge in [0.25, 0.3) is 0 Å². The second-order valence-electron chi connectivity index (χ2n) is 2.83. The smallest absolute Gasteiger partial charge is 0.138 e. The van der Waals surface area contributed by atoms with E-state index in [4.69, 9.17) is 11.6 Å². The van der Waals surface area contributed by atoms with Crippen molar-refractivity contribution in [3.63, 3.8) is 0 Å². The highest BCUT2D eigenvalue weighted by atomic mass is 35.5. The SMILES string of the molecule is CC.CC.OC1(Cl)CCCCCC1. The van der Waals surface area contributed by atoms with E-state index in [0.717, 1.165) is 25.7 Å². The van der Waals surface area contributed by atoms with Crippen LogP contribution in [-0.2, 0) is 0 Å². The lowest BCUT2D eigenvalue weighted by atomic mass is 10.1. The third-order valence-electron chi connectivity index (χ3n) is 1.87. The van der Waals surface area contributed by atoms with E-state index in [9.17, 15) is 5.11 Å². The van der Waals surface area contributed by atoms with Gasteiger partial charge in [-0.3, -0.25) is 0 Å². The zero-order chi connectivity index (χ0) is 10.7. The number of hydrogen-bond acceptors (Lipinski definition) is 1. The van der Waals surface area contributed by atoms with Crippen molar-refractivity contribution in [3.8, 4) is 0 Å². The predicted molar refractivity (Wildman–Crippen MR) is 61.2 cm³/mol. The van der Waals surface area contributed by atoms with Gasteiger partial charge in [-0.05, 0) is 25.7 Å². The van der Waals surface area contributed by atoms with Gasteiger partial charge in [0.05, 0.1) is 0 Å². The van der Waals surface area contributed by atoms with Crippen LogP contribution < -0.4 is 0 Å². The molecule has 1 fully saturated rings. The molecule has 0 aromatic heterocycles. The first-order valence-electron chi connectivity index (χ1n) is 5.62. The van der Waals surface area contributed by atoms with E-state index in [-0.39, 0.29) is 0 Å². The molecule has 0 amide bonds. The molecule has 0 atom stereocenters. The van der Waals surface area contributed by atoms with Gasteiger partial charge < -0.3 is 5.11 Å². The van der Waals surface area contributed by atoms with Crippen LogP contribution in [0.15, 0.2) is 0 Å². The fraction of sp³-hybridized carbons (Fsp3) is 1.00. The molecule has 1 N–H and O–H groups in total. The van der Waals surface area contributed by atoms with Crippen molar-refractivity contribution in [3.05, 3.63) is 0 Å². The summed E-state index contributed by atoms with van der Waals surface area (Å²) >= 11 is 5.73. The summed E-state index contributed by atoms with van der Waals surface area (Å²) in [7, 11) is 0. The van der Waals surface area contributed by atoms with Crippen LogP contribution in [0.4, 0.5) is 0 Å². The number of rotatable bonds is 0. The topological polar surface area (TPSA) is 20.2 Å². The van der Waals surface area contributed by atoms with Crippen LogP contribution in [0.3, 0.4) is 0 Å². The summed E-state index contributed by atoms with van der Waals surface area (Å²) in [5.74, 6) is 0. The van der Waals surface area contributed by atoms with Gasteiger partial charge in [0.15, 0.2) is 0 Å². The molecular weight excluding hydrogens is 184 g/mol. The molecule has 1 nitrogen and oxygen atoms in total. The lowest BCUT2D eigenvalue weighted by Crippen LogP contribution is -2.18. The Morgan fingerprint density at radius 3 is 1.46 bits per heavy atom. The number of hydrogen-bond donors (Lipinski definition) is 1. The second kappa shape index (κ2) is 10.3. The molecule has 0 spiro atoms. The van der Waals surface area contributed by atoms with Crippen LogP contribution >= 0.6 is 11.6 Å². The quantitative estimate of drug-likeness (QED) is 0.465. The van der Waals surface area contributed by atoms with E-state index < -0.39 is 5.06 Å². The molecule has 0 heterocycles. The zero-order valence-electron chi connectivity index (χ0n) is 9.57. The highest BCUT2D eigenvalue weighted by molar-refractivity contribution is 6.22. The van der Waals surface area contributed by atoms with Gasteiger partial charge in [0.2, 0.25) is 0 Å². The lowest BCUT2D eigenvalue weighted by molar-refractivity contribution is 0.112. The van der Waals surface area contributed by atoms with E-state index in [2.05, 4.69) is 0 Å². The summed E-state index contributed by atoms with van der Waals surface area (Å²) < 4.78 is 0. The van der Waals surface area contributed by atoms with Crippen LogP contribution in [0.1, 0.15) is 66.2 Å². The first-order chi connectivity index (χ1) is 6.21. The van der Waals surface area contributed by atoms with Gasteiger partial charge in [-0.15, -0.1) is 0 Å². The first kappa shape index (κ1) is 15.7. The molecule has 1 saturated carbocycles. The fourth-order valence-corrected chi connectivity index (χ4v) is 1.54. The molecule has 13 heavy (non-hydrogen) atoms. The molecule has 0 aromatic rings. The number of aliphatic hydroxyl groups is 1. The van der Waals surface area contributed by atoms with E-state index in [0.29, 0.717) is 0 Å². The van der Waals surface area contributed by atoms with Crippen molar-refractivity contribution in [2.45, 2.75) is 71.3 Å². The Bertz CT molecular complexity index is 82.1. The summed E-state index contributed by atoms with van der Waals surface area (Å²) in [6.07, 6.45) is 6.17. The average molecular weight is 209 g/mol. The maximum Gasteiger partial charge on any atom is 0.138 e. The molecule has 0 saturated heterocycles. The Kier molecular flexibility index (Phi) is 12.5. The van der Waals surface area contributed by atoms with Crippen LogP contribution in [0, 0.1) is 0 Å². The molecule has 1 aliphatic rings. The van der Waals surface area contributed by atoms with Crippen molar-refractivity contribution in [1.29, 1.82) is 0 Å². The molecule has 0 bridgehead atoms. The van der Waals surface area contributed by atoms with Crippen molar-refractivity contribution in [1.82, 2.24) is 0 Å². The maximum atomic E-state index is 9.32. The first-order valence-corrected chi connectivity index (χ1v) is 6.00. The van der Waals surface area contributed by atoms with Gasteiger partial charge in [0.1, 0.15) is 5.06 Å². The monoisotopic (exact) mass is 208 g/mol. The summed E-state index contributed by atoms with van der Waals surface area (Å²) in [5, 5.41) is 8.46. The normalized spacial score (nSPS) is 19.8. The fourth-order valence-electron chi connectivity index (χ4n) is 1.27. The molecular formula is C11H25ClO. The summed E-state index contributed by atoms with van der Waals surface area (Å²) in [6.45, 7) is 8.00. The highest BCUT2D eigenvalue weighted by Gasteiger charge is 2.23. The molecule has 1 rings (SSSR count). The largest absolute Gasteiger partial charge is 0.375 e. The van der Waals surface area contributed by atoms with Crippen LogP contribution in [-0.4, -0.2) is 10.2 Å². The predicted octanol–water partition coefficient (Wildman–Crippen LogP) is 4.32. The highest BCUT2D eigenvalue weighted by Crippen LogP contribution is 2.29. The van der Waals surface area contributed by atoms with E-state index in [1.807, 2.05) is 27.7 Å². The van der Waals surface area contributed by atoms with Crippen LogP contribution in [0.2, 0.25) is 0 Å². The third kappa shape index (κ3) is 10.2. The summed E-state index contributed by atoms with van der Waals surface area (Å²) in [4.78, 5) is 0. The third-order valence-corrected chi connectivity index (χ3v) is 2.25. The molecule has 82 valence electrons. The summed E-state index contributed by atoms with van der Waals surface area (Å²) in [5.41, 5.74) is 0. The molecule has 0 aliphatic heterocycles. The Morgan fingerprint density at radius 2 is 1.15 bits per heavy atom. The molecule has 0 aromatic carbocycles. The molecule has 2 heteroatoms. The summed E-state index contributed by atoms with van der Waals surface area (Å²) in [6, 6.07) is 0. The second-order valence-corrected chi connectivity index (χ2v) is 3.54. The van der Waals surface area contributed by atoms with Crippen LogP contribution in [0.25, 0.3) is 0 Å². The van der Waals surface area contributed by atoms with Crippen molar-refractivity contribution >= 4 is 11.6 Å². The Balaban J connectivity index is 0. The number of halogens is 1. The van der Waals surface area contributed by atoms with E-state index >= 15 is 0 Å². The Morgan fingerprint density at radius 1 is 0.846 bits per heavy atom. The number of alkyl halides is 1. The van der Waals surface area contributed by atoms with Crippen molar-refractivity contribution in [2.24, 2.45) is 0 Å². The van der Waals surface area contributed by atoms with Crippen LogP contribution in [0.5, 0.6) is 0 Å². The van der Waals surface area contributed by atoms with Gasteiger partial charge in [0, 0.05) is 0 Å². The molecule has 1 aliphatic carbocycles. The van der Waals surface area contributed by atoms with Crippen molar-refractivity contribution in [2.75, 3.05) is 0 Å². The Hall–Kier alpha value is 0.250. The van der Waals surface area contributed by atoms with Gasteiger partial charge in [-0.25, -0.2) is 0 Å². The van der Waals surface area contributed by atoms with Crippen molar-refractivity contribution < 1.29 is 5.11 Å².